The van der Waals surface area contributed by atoms with E-state index in [-0.39, 0.29) is 0 Å². The second-order valence-electron chi connectivity index (χ2n) is 4.18. The predicted molar refractivity (Wildman–Crippen MR) is 69.2 cm³/mol. The zero-order valence-electron chi connectivity index (χ0n) is 9.91. The van der Waals surface area contributed by atoms with Gasteiger partial charge in [-0.1, -0.05) is 32.5 Å². The zero-order valence-corrected chi connectivity index (χ0v) is 10.7. The Morgan fingerprint density at radius 2 is 1.87 bits per heavy atom. The fourth-order valence-corrected chi connectivity index (χ4v) is 2.44. The fourth-order valence-electron chi connectivity index (χ4n) is 2.17. The quantitative estimate of drug-likeness (QED) is 0.715. The molecule has 1 rings (SSSR count). The van der Waals surface area contributed by atoms with Crippen LogP contribution in [0.25, 0.3) is 0 Å². The summed E-state index contributed by atoms with van der Waals surface area (Å²) in [4.78, 5) is 5.58. The Kier molecular flexibility index (Phi) is 5.50. The summed E-state index contributed by atoms with van der Waals surface area (Å²) in [5.41, 5.74) is 5.80. The topological polar surface area (TPSA) is 32.5 Å². The molecule has 0 spiro atoms. The van der Waals surface area contributed by atoms with Crippen molar-refractivity contribution in [3.8, 4) is 0 Å². The van der Waals surface area contributed by atoms with Crippen LogP contribution in [0.15, 0.2) is 0 Å². The van der Waals surface area contributed by atoms with Crippen LogP contribution in [0, 0.1) is 0 Å². The van der Waals surface area contributed by atoms with Crippen molar-refractivity contribution in [3.05, 3.63) is 0 Å². The van der Waals surface area contributed by atoms with Crippen LogP contribution in [-0.4, -0.2) is 53.6 Å². The highest BCUT2D eigenvalue weighted by Gasteiger charge is 2.24. The molecule has 0 saturated carbocycles. The molecule has 2 N–H and O–H groups in total. The van der Waals surface area contributed by atoms with Crippen molar-refractivity contribution in [3.63, 3.8) is 0 Å². The molecular formula is C11H23N3S. The van der Waals surface area contributed by atoms with Gasteiger partial charge in [0, 0.05) is 26.2 Å². The molecule has 4 heteroatoms. The molecule has 1 aliphatic heterocycles. The Hall–Kier alpha value is -0.190. The smallest absolute Gasteiger partial charge is 0.0902 e. The van der Waals surface area contributed by atoms with Crippen molar-refractivity contribution in [2.45, 2.75) is 32.7 Å². The highest BCUT2D eigenvalue weighted by molar-refractivity contribution is 7.80. The lowest BCUT2D eigenvalue weighted by atomic mass is 10.1. The van der Waals surface area contributed by atoms with Gasteiger partial charge in [0.2, 0.25) is 0 Å². The molecule has 1 saturated heterocycles. The molecule has 0 bridgehead atoms. The Labute approximate surface area is 98.6 Å². The first-order valence-electron chi connectivity index (χ1n) is 5.94. The predicted octanol–water partition coefficient (Wildman–Crippen LogP) is 1.08. The number of nitrogens with two attached hydrogens (primary N) is 1. The van der Waals surface area contributed by atoms with Crippen LogP contribution in [0.2, 0.25) is 0 Å². The summed E-state index contributed by atoms with van der Waals surface area (Å²) in [6, 6.07) is 0.323. The lowest BCUT2D eigenvalue weighted by Gasteiger charge is -2.38. The number of hydrogen-bond acceptors (Lipinski definition) is 3. The van der Waals surface area contributed by atoms with E-state index in [9.17, 15) is 0 Å². The van der Waals surface area contributed by atoms with Gasteiger partial charge in [-0.2, -0.15) is 0 Å². The van der Waals surface area contributed by atoms with Gasteiger partial charge >= 0.3 is 0 Å². The summed E-state index contributed by atoms with van der Waals surface area (Å²) in [6.07, 6.45) is 2.25. The van der Waals surface area contributed by atoms with Crippen LogP contribution >= 0.6 is 12.2 Å². The Balaban J connectivity index is 2.45. The molecule has 1 atom stereocenters. The summed E-state index contributed by atoms with van der Waals surface area (Å²) in [5.74, 6) is 0. The number of rotatable bonds is 5. The van der Waals surface area contributed by atoms with Crippen molar-refractivity contribution >= 4 is 17.2 Å². The number of piperazine rings is 1. The standard InChI is InChI=1S/C11H23N3S/c1-3-5-10(11(12)15)14-8-6-13(4-2)7-9-14/h10H,3-9H2,1-2H3,(H2,12,15). The van der Waals surface area contributed by atoms with Gasteiger partial charge in [0.25, 0.3) is 0 Å². The van der Waals surface area contributed by atoms with Gasteiger partial charge in [-0.05, 0) is 13.0 Å². The summed E-state index contributed by atoms with van der Waals surface area (Å²) >= 11 is 5.14. The minimum absolute atomic E-state index is 0.323. The van der Waals surface area contributed by atoms with Crippen LogP contribution < -0.4 is 5.73 Å². The van der Waals surface area contributed by atoms with Gasteiger partial charge in [0.05, 0.1) is 11.0 Å². The minimum Gasteiger partial charge on any atom is -0.392 e. The molecule has 1 heterocycles. The van der Waals surface area contributed by atoms with E-state index in [4.69, 9.17) is 18.0 Å². The summed E-state index contributed by atoms with van der Waals surface area (Å²) < 4.78 is 0. The molecular weight excluding hydrogens is 206 g/mol. The molecule has 0 aromatic carbocycles. The van der Waals surface area contributed by atoms with E-state index in [0.29, 0.717) is 11.0 Å². The van der Waals surface area contributed by atoms with E-state index in [1.165, 1.54) is 0 Å². The highest BCUT2D eigenvalue weighted by atomic mass is 32.1. The third kappa shape index (κ3) is 3.70. The van der Waals surface area contributed by atoms with Crippen LogP contribution in [0.5, 0.6) is 0 Å². The van der Waals surface area contributed by atoms with Crippen LogP contribution in [0.3, 0.4) is 0 Å². The molecule has 0 aromatic heterocycles. The Morgan fingerprint density at radius 3 is 2.27 bits per heavy atom. The first-order valence-corrected chi connectivity index (χ1v) is 6.35. The molecule has 1 fully saturated rings. The number of likely N-dealkylation sites (N-methyl/N-ethyl adjacent to an activating group) is 1. The number of nitrogens with zero attached hydrogens (tertiary/aromatic N) is 2. The maximum absolute atomic E-state index is 5.80. The lowest BCUT2D eigenvalue weighted by Crippen LogP contribution is -2.53. The third-order valence-electron chi connectivity index (χ3n) is 3.19. The van der Waals surface area contributed by atoms with Crippen molar-refractivity contribution in [2.75, 3.05) is 32.7 Å². The summed E-state index contributed by atoms with van der Waals surface area (Å²) in [5, 5.41) is 0. The van der Waals surface area contributed by atoms with Gasteiger partial charge in [-0.25, -0.2) is 0 Å². The maximum atomic E-state index is 5.80. The molecule has 15 heavy (non-hydrogen) atoms. The van der Waals surface area contributed by atoms with Crippen LogP contribution in [0.1, 0.15) is 26.7 Å². The zero-order chi connectivity index (χ0) is 11.3. The van der Waals surface area contributed by atoms with E-state index in [0.717, 1.165) is 45.6 Å². The summed E-state index contributed by atoms with van der Waals surface area (Å²) in [6.45, 7) is 10.1. The van der Waals surface area contributed by atoms with Gasteiger partial charge in [0.1, 0.15) is 0 Å². The Morgan fingerprint density at radius 1 is 1.27 bits per heavy atom. The van der Waals surface area contributed by atoms with Gasteiger partial charge < -0.3 is 10.6 Å². The molecule has 88 valence electrons. The van der Waals surface area contributed by atoms with Gasteiger partial charge in [0.15, 0.2) is 0 Å². The van der Waals surface area contributed by atoms with E-state index < -0.39 is 0 Å². The van der Waals surface area contributed by atoms with Crippen molar-refractivity contribution in [2.24, 2.45) is 5.73 Å². The molecule has 0 amide bonds. The van der Waals surface area contributed by atoms with Crippen molar-refractivity contribution < 1.29 is 0 Å². The lowest BCUT2D eigenvalue weighted by molar-refractivity contribution is 0.119. The molecule has 1 unspecified atom stereocenters. The molecule has 1 aliphatic rings. The number of hydrogen-bond donors (Lipinski definition) is 1. The van der Waals surface area contributed by atoms with Crippen LogP contribution in [0.4, 0.5) is 0 Å². The Bertz CT molecular complexity index is 200. The first-order chi connectivity index (χ1) is 7.19. The third-order valence-corrected chi connectivity index (χ3v) is 3.46. The average Bonchev–Trinajstić information content (AvgIpc) is 2.26. The second-order valence-corrected chi connectivity index (χ2v) is 4.65. The fraction of sp³-hybridized carbons (Fsp3) is 0.909. The number of thiocarbonyl (C=S) groups is 1. The first kappa shape index (κ1) is 12.9. The van der Waals surface area contributed by atoms with E-state index in [2.05, 4.69) is 23.6 Å². The van der Waals surface area contributed by atoms with E-state index in [1.807, 2.05) is 0 Å². The monoisotopic (exact) mass is 229 g/mol. The van der Waals surface area contributed by atoms with Gasteiger partial charge in [-0.3, -0.25) is 4.90 Å². The molecule has 0 aromatic rings. The van der Waals surface area contributed by atoms with Crippen molar-refractivity contribution in [1.29, 1.82) is 0 Å². The van der Waals surface area contributed by atoms with Crippen molar-refractivity contribution in [1.82, 2.24) is 9.80 Å². The largest absolute Gasteiger partial charge is 0.392 e. The summed E-state index contributed by atoms with van der Waals surface area (Å²) in [7, 11) is 0. The minimum atomic E-state index is 0.323. The normalized spacial score (nSPS) is 21.5. The second kappa shape index (κ2) is 6.40. The maximum Gasteiger partial charge on any atom is 0.0902 e. The SMILES string of the molecule is CCCC(C(N)=S)N1CCN(CC)CC1. The van der Waals surface area contributed by atoms with Gasteiger partial charge in [-0.15, -0.1) is 0 Å². The van der Waals surface area contributed by atoms with E-state index in [1.54, 1.807) is 0 Å². The molecule has 0 radical (unpaired) electrons. The van der Waals surface area contributed by atoms with Crippen LogP contribution in [-0.2, 0) is 0 Å². The highest BCUT2D eigenvalue weighted by Crippen LogP contribution is 2.11. The molecule has 3 nitrogen and oxygen atoms in total. The average molecular weight is 229 g/mol. The van der Waals surface area contributed by atoms with E-state index >= 15 is 0 Å². The molecule has 0 aliphatic carbocycles.